The molecule has 0 aliphatic heterocycles. The Morgan fingerprint density at radius 3 is 2.69 bits per heavy atom. The molecule has 1 aromatic rings. The molecule has 1 fully saturated rings. The van der Waals surface area contributed by atoms with Crippen molar-refractivity contribution in [1.82, 2.24) is 8.75 Å². The number of aliphatic hydroxyl groups excluding tert-OH is 1. The van der Waals surface area contributed by atoms with Gasteiger partial charge in [0.25, 0.3) is 0 Å². The van der Waals surface area contributed by atoms with Gasteiger partial charge in [-0.25, -0.2) is 0 Å². The number of aliphatic hydroxyl groups is 1. The summed E-state index contributed by atoms with van der Waals surface area (Å²) in [5.74, 6) is 1.35. The first-order valence-corrected chi connectivity index (χ1v) is 6.63. The summed E-state index contributed by atoms with van der Waals surface area (Å²) in [4.78, 5) is 0. The molecule has 2 N–H and O–H groups in total. The highest BCUT2D eigenvalue weighted by atomic mass is 35.5. The standard InChI is InChI=1S/C10H16ClN3OS/c1-7-2-4-10(6-15,5-3-7)12-9-8(11)13-16-14-9/h7,15H,2-6H2,1H3,(H,12,14). The summed E-state index contributed by atoms with van der Waals surface area (Å²) in [5.41, 5.74) is -0.258. The summed E-state index contributed by atoms with van der Waals surface area (Å²) < 4.78 is 8.01. The zero-order valence-electron chi connectivity index (χ0n) is 9.24. The number of rotatable bonds is 3. The van der Waals surface area contributed by atoms with Crippen LogP contribution in [0, 0.1) is 5.92 Å². The topological polar surface area (TPSA) is 58.0 Å². The van der Waals surface area contributed by atoms with Crippen LogP contribution in [0.25, 0.3) is 0 Å². The van der Waals surface area contributed by atoms with Crippen molar-refractivity contribution in [1.29, 1.82) is 0 Å². The molecule has 1 aromatic heterocycles. The third kappa shape index (κ3) is 2.47. The number of nitrogens with one attached hydrogen (secondary N) is 1. The minimum Gasteiger partial charge on any atom is -0.394 e. The van der Waals surface area contributed by atoms with Gasteiger partial charge in [0.1, 0.15) is 0 Å². The lowest BCUT2D eigenvalue weighted by Crippen LogP contribution is -2.45. The number of nitrogens with zero attached hydrogens (tertiary/aromatic N) is 2. The van der Waals surface area contributed by atoms with Crippen molar-refractivity contribution in [2.24, 2.45) is 5.92 Å². The molecule has 0 unspecified atom stereocenters. The lowest BCUT2D eigenvalue weighted by atomic mass is 9.77. The van der Waals surface area contributed by atoms with Crippen molar-refractivity contribution < 1.29 is 5.11 Å². The summed E-state index contributed by atoms with van der Waals surface area (Å²) in [7, 11) is 0. The molecule has 2 rings (SSSR count). The van der Waals surface area contributed by atoms with Gasteiger partial charge in [-0.3, -0.25) is 0 Å². The molecule has 90 valence electrons. The van der Waals surface area contributed by atoms with Crippen molar-refractivity contribution in [3.63, 3.8) is 0 Å². The Morgan fingerprint density at radius 2 is 2.19 bits per heavy atom. The molecule has 16 heavy (non-hydrogen) atoms. The van der Waals surface area contributed by atoms with Crippen LogP contribution in [0.15, 0.2) is 0 Å². The lowest BCUT2D eigenvalue weighted by molar-refractivity contribution is 0.155. The second-order valence-electron chi connectivity index (χ2n) is 4.65. The molecule has 6 heteroatoms. The summed E-state index contributed by atoms with van der Waals surface area (Å²) in [5, 5.41) is 13.2. The fraction of sp³-hybridized carbons (Fsp3) is 0.800. The van der Waals surface area contributed by atoms with Crippen LogP contribution in [-0.4, -0.2) is 26.0 Å². The Morgan fingerprint density at radius 1 is 1.50 bits per heavy atom. The van der Waals surface area contributed by atoms with Crippen LogP contribution >= 0.6 is 23.3 Å². The van der Waals surface area contributed by atoms with Crippen LogP contribution in [0.3, 0.4) is 0 Å². The summed E-state index contributed by atoms with van der Waals surface area (Å²) in [6.45, 7) is 2.37. The largest absolute Gasteiger partial charge is 0.394 e. The first-order valence-electron chi connectivity index (χ1n) is 5.52. The van der Waals surface area contributed by atoms with Gasteiger partial charge in [-0.05, 0) is 31.6 Å². The van der Waals surface area contributed by atoms with Gasteiger partial charge in [-0.2, -0.15) is 8.75 Å². The van der Waals surface area contributed by atoms with Crippen molar-refractivity contribution in [3.8, 4) is 0 Å². The van der Waals surface area contributed by atoms with Crippen molar-refractivity contribution in [3.05, 3.63) is 5.15 Å². The molecule has 4 nitrogen and oxygen atoms in total. The molecule has 0 amide bonds. The number of hydrogen-bond acceptors (Lipinski definition) is 5. The predicted molar refractivity (Wildman–Crippen MR) is 66.0 cm³/mol. The molecule has 0 aromatic carbocycles. The lowest BCUT2D eigenvalue weighted by Gasteiger charge is -2.38. The van der Waals surface area contributed by atoms with Gasteiger partial charge in [0.2, 0.25) is 0 Å². The highest BCUT2D eigenvalue weighted by Gasteiger charge is 2.34. The molecular formula is C10H16ClN3OS. The smallest absolute Gasteiger partial charge is 0.186 e. The van der Waals surface area contributed by atoms with E-state index >= 15 is 0 Å². The zero-order valence-corrected chi connectivity index (χ0v) is 10.8. The maximum Gasteiger partial charge on any atom is 0.186 e. The number of hydrogen-bond donors (Lipinski definition) is 2. The van der Waals surface area contributed by atoms with E-state index in [2.05, 4.69) is 21.0 Å². The minimum absolute atomic E-state index is 0.119. The van der Waals surface area contributed by atoms with Gasteiger partial charge in [0.05, 0.1) is 23.9 Å². The molecule has 0 atom stereocenters. The third-order valence-corrected chi connectivity index (χ3v) is 4.26. The van der Waals surface area contributed by atoms with Gasteiger partial charge >= 0.3 is 0 Å². The number of halogens is 1. The Balaban J connectivity index is 2.08. The fourth-order valence-corrected chi connectivity index (χ4v) is 2.79. The molecule has 0 saturated heterocycles. The van der Waals surface area contributed by atoms with Gasteiger partial charge in [0.15, 0.2) is 11.0 Å². The highest BCUT2D eigenvalue weighted by molar-refractivity contribution is 6.99. The van der Waals surface area contributed by atoms with E-state index in [0.29, 0.717) is 11.0 Å². The van der Waals surface area contributed by atoms with E-state index in [1.54, 1.807) is 0 Å². The average molecular weight is 262 g/mol. The number of aromatic nitrogens is 2. The van der Waals surface area contributed by atoms with Crippen molar-refractivity contribution in [2.75, 3.05) is 11.9 Å². The Kier molecular flexibility index (Phi) is 3.66. The molecular weight excluding hydrogens is 246 g/mol. The molecule has 0 radical (unpaired) electrons. The van der Waals surface area contributed by atoms with Crippen LogP contribution in [0.2, 0.25) is 5.15 Å². The molecule has 0 spiro atoms. The third-order valence-electron chi connectivity index (χ3n) is 3.37. The Bertz CT molecular complexity index is 350. The van der Waals surface area contributed by atoms with E-state index in [9.17, 15) is 5.11 Å². The summed E-state index contributed by atoms with van der Waals surface area (Å²) >= 11 is 6.99. The van der Waals surface area contributed by atoms with Gasteiger partial charge in [-0.15, -0.1) is 0 Å². The van der Waals surface area contributed by atoms with Crippen molar-refractivity contribution in [2.45, 2.75) is 38.1 Å². The maximum atomic E-state index is 9.57. The van der Waals surface area contributed by atoms with Crippen LogP contribution in [-0.2, 0) is 0 Å². The average Bonchev–Trinajstić information content (AvgIpc) is 2.68. The van der Waals surface area contributed by atoms with Gasteiger partial charge in [-0.1, -0.05) is 18.5 Å². The van der Waals surface area contributed by atoms with Crippen LogP contribution in [0.1, 0.15) is 32.6 Å². The van der Waals surface area contributed by atoms with Crippen LogP contribution < -0.4 is 5.32 Å². The van der Waals surface area contributed by atoms with Gasteiger partial charge < -0.3 is 10.4 Å². The normalized spacial score (nSPS) is 30.3. The van der Waals surface area contributed by atoms with E-state index in [0.717, 1.165) is 43.3 Å². The predicted octanol–water partition coefficient (Wildman–Crippen LogP) is 2.54. The van der Waals surface area contributed by atoms with E-state index in [4.69, 9.17) is 11.6 Å². The minimum atomic E-state index is -0.258. The summed E-state index contributed by atoms with van der Waals surface area (Å²) in [6.07, 6.45) is 4.17. The zero-order chi connectivity index (χ0) is 11.6. The van der Waals surface area contributed by atoms with E-state index in [1.807, 2.05) is 0 Å². The second kappa shape index (κ2) is 4.85. The quantitative estimate of drug-likeness (QED) is 0.878. The Labute approximate surface area is 104 Å². The second-order valence-corrected chi connectivity index (χ2v) is 5.54. The SMILES string of the molecule is CC1CCC(CO)(Nc2nsnc2Cl)CC1. The van der Waals surface area contributed by atoms with Crippen molar-refractivity contribution >= 4 is 29.1 Å². The van der Waals surface area contributed by atoms with Crippen LogP contribution in [0.4, 0.5) is 5.82 Å². The molecule has 0 bridgehead atoms. The van der Waals surface area contributed by atoms with E-state index in [1.165, 1.54) is 0 Å². The monoisotopic (exact) mass is 261 g/mol. The first kappa shape index (κ1) is 12.1. The number of anilines is 1. The van der Waals surface area contributed by atoms with E-state index in [-0.39, 0.29) is 12.1 Å². The van der Waals surface area contributed by atoms with E-state index < -0.39 is 0 Å². The van der Waals surface area contributed by atoms with Crippen LogP contribution in [0.5, 0.6) is 0 Å². The fourth-order valence-electron chi connectivity index (χ4n) is 2.14. The Hall–Kier alpha value is -0.390. The van der Waals surface area contributed by atoms with Gasteiger partial charge in [0, 0.05) is 0 Å². The molecule has 1 heterocycles. The molecule has 1 aliphatic carbocycles. The first-order chi connectivity index (χ1) is 7.65. The summed E-state index contributed by atoms with van der Waals surface area (Å²) in [6, 6.07) is 0. The maximum absolute atomic E-state index is 9.57. The molecule has 1 aliphatic rings. The molecule has 1 saturated carbocycles. The highest BCUT2D eigenvalue weighted by Crippen LogP contribution is 2.35.